The third kappa shape index (κ3) is 1.20. The van der Waals surface area contributed by atoms with Crippen LogP contribution in [0.4, 0.5) is 0 Å². The van der Waals surface area contributed by atoms with Crippen LogP contribution in [0.2, 0.25) is 25.2 Å². The summed E-state index contributed by atoms with van der Waals surface area (Å²) in [6, 6.07) is 0. The highest BCUT2D eigenvalue weighted by Gasteiger charge is 2.42. The average molecular weight is 166 g/mol. The third-order valence-corrected chi connectivity index (χ3v) is 6.28. The van der Waals surface area contributed by atoms with E-state index in [2.05, 4.69) is 31.8 Å². The van der Waals surface area contributed by atoms with Crippen molar-refractivity contribution in [3.63, 3.8) is 0 Å². The van der Waals surface area contributed by atoms with Gasteiger partial charge in [-0.15, -0.1) is 0 Å². The van der Waals surface area contributed by atoms with E-state index in [1.54, 1.807) is 0 Å². The zero-order valence-electron chi connectivity index (χ0n) is 7.80. The van der Waals surface area contributed by atoms with Crippen LogP contribution in [0.25, 0.3) is 0 Å². The minimum atomic E-state index is -0.829. The van der Waals surface area contributed by atoms with E-state index in [0.717, 1.165) is 17.4 Å². The van der Waals surface area contributed by atoms with Crippen LogP contribution in [0, 0.1) is 11.8 Å². The Morgan fingerprint density at radius 1 is 1.09 bits per heavy atom. The molecule has 3 atom stereocenters. The maximum atomic E-state index is 2.52. The molecule has 0 nitrogen and oxygen atoms in total. The highest BCUT2D eigenvalue weighted by molar-refractivity contribution is 6.77. The van der Waals surface area contributed by atoms with Gasteiger partial charge < -0.3 is 0 Å². The van der Waals surface area contributed by atoms with Gasteiger partial charge in [0, 0.05) is 8.07 Å². The molecule has 0 spiro atoms. The van der Waals surface area contributed by atoms with Crippen molar-refractivity contribution in [2.24, 2.45) is 11.8 Å². The monoisotopic (exact) mass is 166 g/mol. The lowest BCUT2D eigenvalue weighted by atomic mass is 10.1. The van der Waals surface area contributed by atoms with Gasteiger partial charge in [0.15, 0.2) is 0 Å². The molecule has 0 N–H and O–H groups in total. The molecule has 0 saturated heterocycles. The summed E-state index contributed by atoms with van der Waals surface area (Å²) in [6.07, 6.45) is 7.92. The van der Waals surface area contributed by atoms with Crippen LogP contribution in [-0.2, 0) is 0 Å². The van der Waals surface area contributed by atoms with E-state index in [1.807, 2.05) is 0 Å². The van der Waals surface area contributed by atoms with Crippen LogP contribution < -0.4 is 0 Å². The Kier molecular flexibility index (Phi) is 1.54. The number of rotatable bonds is 1. The number of allylic oxidation sites excluding steroid dienone is 2. The largest absolute Gasteiger partial charge is 0.0851 e. The minimum Gasteiger partial charge on any atom is -0.0851 e. The topological polar surface area (TPSA) is 0 Å². The van der Waals surface area contributed by atoms with Gasteiger partial charge in [-0.25, -0.2) is 0 Å². The Morgan fingerprint density at radius 3 is 2.09 bits per heavy atom. The van der Waals surface area contributed by atoms with Crippen LogP contribution >= 0.6 is 0 Å². The maximum Gasteiger partial charge on any atom is 0.0479 e. The van der Waals surface area contributed by atoms with E-state index in [-0.39, 0.29) is 0 Å². The molecule has 0 radical (unpaired) electrons. The molecule has 0 aromatic carbocycles. The lowest BCUT2D eigenvalue weighted by Gasteiger charge is -2.30. The van der Waals surface area contributed by atoms with Crippen molar-refractivity contribution in [2.45, 2.75) is 38.0 Å². The predicted octanol–water partition coefficient (Wildman–Crippen LogP) is 3.29. The van der Waals surface area contributed by atoms with Gasteiger partial charge in [-0.05, 0) is 30.2 Å². The SMILES string of the molecule is C[Si](C)(C)C1C[C@@H]2C=C[C@H]1C2. The molecule has 11 heavy (non-hydrogen) atoms. The van der Waals surface area contributed by atoms with Crippen LogP contribution in [-0.4, -0.2) is 8.07 Å². The van der Waals surface area contributed by atoms with Crippen molar-refractivity contribution in [1.29, 1.82) is 0 Å². The van der Waals surface area contributed by atoms with Crippen LogP contribution in [0.1, 0.15) is 12.8 Å². The zero-order valence-corrected chi connectivity index (χ0v) is 8.80. The summed E-state index contributed by atoms with van der Waals surface area (Å²) in [4.78, 5) is 0. The summed E-state index contributed by atoms with van der Waals surface area (Å²) in [7, 11) is -0.829. The lowest BCUT2D eigenvalue weighted by Crippen LogP contribution is -2.30. The molecule has 62 valence electrons. The molecule has 0 amide bonds. The van der Waals surface area contributed by atoms with E-state index < -0.39 is 8.07 Å². The molecule has 1 unspecified atom stereocenters. The van der Waals surface area contributed by atoms with Crippen molar-refractivity contribution in [2.75, 3.05) is 0 Å². The van der Waals surface area contributed by atoms with Crippen molar-refractivity contribution in [3.05, 3.63) is 12.2 Å². The zero-order chi connectivity index (χ0) is 8.06. The molecular formula is C10H18Si. The highest BCUT2D eigenvalue weighted by atomic mass is 28.3. The summed E-state index contributed by atoms with van der Waals surface area (Å²) in [5, 5.41) is 0. The van der Waals surface area contributed by atoms with Gasteiger partial charge in [0.25, 0.3) is 0 Å². The smallest absolute Gasteiger partial charge is 0.0479 e. The molecule has 1 saturated carbocycles. The lowest BCUT2D eigenvalue weighted by molar-refractivity contribution is 0.675. The molecule has 0 aromatic heterocycles. The second kappa shape index (κ2) is 2.22. The molecule has 2 bridgehead atoms. The number of hydrogen-bond donors (Lipinski definition) is 0. The first-order chi connectivity index (χ1) is 5.07. The van der Waals surface area contributed by atoms with Crippen molar-refractivity contribution < 1.29 is 0 Å². The van der Waals surface area contributed by atoms with Gasteiger partial charge in [0.1, 0.15) is 0 Å². The molecule has 1 fully saturated rings. The Bertz CT molecular complexity index is 188. The van der Waals surface area contributed by atoms with Crippen LogP contribution in [0.5, 0.6) is 0 Å². The van der Waals surface area contributed by atoms with Crippen LogP contribution in [0.15, 0.2) is 12.2 Å². The normalized spacial score (nSPS) is 41.9. The number of hydrogen-bond acceptors (Lipinski definition) is 0. The van der Waals surface area contributed by atoms with Gasteiger partial charge in [0.05, 0.1) is 0 Å². The Labute approximate surface area is 70.7 Å². The Hall–Kier alpha value is -0.0431. The summed E-state index contributed by atoms with van der Waals surface area (Å²) < 4.78 is 0. The highest BCUT2D eigenvalue weighted by Crippen LogP contribution is 2.51. The standard InChI is InChI=1S/C10H18Si/c1-11(2,3)10-7-8-4-5-9(10)6-8/h4-5,8-10H,6-7H2,1-3H3/t8-,9+,10?/m1/s1. The summed E-state index contributed by atoms with van der Waals surface area (Å²) in [5.74, 6) is 1.95. The molecule has 0 heterocycles. The van der Waals surface area contributed by atoms with E-state index >= 15 is 0 Å². The third-order valence-electron chi connectivity index (χ3n) is 3.39. The minimum absolute atomic E-state index is 0.829. The van der Waals surface area contributed by atoms with E-state index in [1.165, 1.54) is 12.8 Å². The first kappa shape index (κ1) is 7.60. The molecule has 1 heteroatoms. The summed E-state index contributed by atoms with van der Waals surface area (Å²) in [5.41, 5.74) is 1.09. The molecule has 2 aliphatic rings. The molecule has 2 rings (SSSR count). The van der Waals surface area contributed by atoms with Crippen molar-refractivity contribution in [3.8, 4) is 0 Å². The molecule has 2 aliphatic carbocycles. The molecular weight excluding hydrogens is 148 g/mol. The fourth-order valence-electron chi connectivity index (χ4n) is 2.78. The van der Waals surface area contributed by atoms with E-state index in [9.17, 15) is 0 Å². The maximum absolute atomic E-state index is 2.52. The second-order valence-corrected chi connectivity index (χ2v) is 10.7. The second-order valence-electron chi connectivity index (χ2n) is 5.25. The van der Waals surface area contributed by atoms with E-state index in [0.29, 0.717) is 0 Å². The fraction of sp³-hybridized carbons (Fsp3) is 0.800. The quantitative estimate of drug-likeness (QED) is 0.414. The molecule has 0 aromatic rings. The van der Waals surface area contributed by atoms with Crippen molar-refractivity contribution >= 4 is 8.07 Å². The van der Waals surface area contributed by atoms with Crippen molar-refractivity contribution in [1.82, 2.24) is 0 Å². The Morgan fingerprint density at radius 2 is 1.82 bits per heavy atom. The predicted molar refractivity (Wildman–Crippen MR) is 52.5 cm³/mol. The van der Waals surface area contributed by atoms with Gasteiger partial charge in [0.2, 0.25) is 0 Å². The molecule has 0 aliphatic heterocycles. The van der Waals surface area contributed by atoms with Gasteiger partial charge in [-0.3, -0.25) is 0 Å². The van der Waals surface area contributed by atoms with Gasteiger partial charge in [-0.2, -0.15) is 0 Å². The summed E-state index contributed by atoms with van der Waals surface area (Å²) in [6.45, 7) is 7.56. The summed E-state index contributed by atoms with van der Waals surface area (Å²) >= 11 is 0. The first-order valence-electron chi connectivity index (χ1n) is 4.76. The van der Waals surface area contributed by atoms with Gasteiger partial charge >= 0.3 is 0 Å². The fourth-order valence-corrected chi connectivity index (χ4v) is 5.32. The average Bonchev–Trinajstić information content (AvgIpc) is 2.42. The van der Waals surface area contributed by atoms with Crippen LogP contribution in [0.3, 0.4) is 0 Å². The number of fused-ring (bicyclic) bond motifs is 2. The van der Waals surface area contributed by atoms with Gasteiger partial charge in [-0.1, -0.05) is 31.8 Å². The Balaban J connectivity index is 2.15. The van der Waals surface area contributed by atoms with E-state index in [4.69, 9.17) is 0 Å². The first-order valence-corrected chi connectivity index (χ1v) is 8.33.